The van der Waals surface area contributed by atoms with Crippen LogP contribution in [0.3, 0.4) is 0 Å². The average molecular weight is 300 g/mol. The summed E-state index contributed by atoms with van der Waals surface area (Å²) in [6.07, 6.45) is 4.01. The molecule has 2 atom stereocenters. The van der Waals surface area contributed by atoms with E-state index in [4.69, 9.17) is 1.43 Å². The van der Waals surface area contributed by atoms with Gasteiger partial charge in [0.05, 0.1) is 5.92 Å². The van der Waals surface area contributed by atoms with Crippen LogP contribution in [-0.4, -0.2) is 11.1 Å². The van der Waals surface area contributed by atoms with E-state index in [1.807, 2.05) is 38.1 Å². The summed E-state index contributed by atoms with van der Waals surface area (Å²) >= 11 is 0. The quantitative estimate of drug-likeness (QED) is 0.829. The minimum atomic E-state index is -0.395. The standard InChI is InChI=1S/C14H17O2.C2H6.V/c1-10-6-8-11(9-7-10)12-4-2-3-5-13(12)14(15)16;1-2;/h6-9,12-13H,1-5H2,(H,15,16);1-2H3;/q-1;;/i/hT. The van der Waals surface area contributed by atoms with Crippen molar-refractivity contribution in [1.82, 2.24) is 0 Å². The van der Waals surface area contributed by atoms with Crippen molar-refractivity contribution in [3.05, 3.63) is 42.3 Å². The second-order valence-electron chi connectivity index (χ2n) is 4.56. The summed E-state index contributed by atoms with van der Waals surface area (Å²) in [6.45, 7) is 7.86. The van der Waals surface area contributed by atoms with Gasteiger partial charge in [-0.2, -0.15) is 24.6 Å². The zero-order valence-electron chi connectivity index (χ0n) is 12.8. The summed E-state index contributed by atoms with van der Waals surface area (Å²) in [7, 11) is 0. The summed E-state index contributed by atoms with van der Waals surface area (Å²) in [5.41, 5.74) is 2.14. The van der Waals surface area contributed by atoms with Crippen molar-refractivity contribution < 1.29 is 28.5 Å². The van der Waals surface area contributed by atoms with Crippen LogP contribution in [0.2, 0.25) is 0 Å². The van der Waals surface area contributed by atoms with E-state index in [0.717, 1.165) is 36.8 Å². The number of benzene rings is 1. The minimum Gasteiger partial charge on any atom is -0.481 e. The first-order valence-corrected chi connectivity index (χ1v) is 6.81. The summed E-state index contributed by atoms with van der Waals surface area (Å²) in [6, 6.07) is 7.99. The van der Waals surface area contributed by atoms with Crippen molar-refractivity contribution in [3.63, 3.8) is 0 Å². The zero-order valence-corrected chi connectivity index (χ0v) is 13.2. The number of carbonyl (C=O) groups is 1. The van der Waals surface area contributed by atoms with Gasteiger partial charge in [0.15, 0.2) is 0 Å². The van der Waals surface area contributed by atoms with Crippen LogP contribution in [0.15, 0.2) is 24.3 Å². The van der Waals surface area contributed by atoms with Gasteiger partial charge < -0.3 is 5.11 Å². The topological polar surface area (TPSA) is 37.3 Å². The molecule has 1 saturated carbocycles. The predicted molar refractivity (Wildman–Crippen MR) is 74.6 cm³/mol. The van der Waals surface area contributed by atoms with Gasteiger partial charge in [0.2, 0.25) is 0 Å². The molecule has 3 heteroatoms. The molecule has 1 aliphatic carbocycles. The van der Waals surface area contributed by atoms with Crippen molar-refractivity contribution in [2.24, 2.45) is 5.92 Å². The van der Waals surface area contributed by atoms with Crippen molar-refractivity contribution in [3.8, 4) is 0 Å². The number of hydrogen-bond donors (Lipinski definition) is 1. The van der Waals surface area contributed by atoms with Crippen LogP contribution in [0.25, 0.3) is 1.43 Å². The molecule has 2 nitrogen and oxygen atoms in total. The molecule has 1 radical (unpaired) electrons. The van der Waals surface area contributed by atoms with Crippen LogP contribution in [0.1, 0.15) is 56.6 Å². The van der Waals surface area contributed by atoms with Gasteiger partial charge in [0, 0.05) is 18.6 Å². The summed E-state index contributed by atoms with van der Waals surface area (Å²) in [5.74, 6) is -0.354. The van der Waals surface area contributed by atoms with E-state index in [2.05, 4.69) is 12.0 Å². The fraction of sp³-hybridized carbons (Fsp3) is 0.500. The Morgan fingerprint density at radius 2 is 1.84 bits per heavy atom. The van der Waals surface area contributed by atoms with E-state index in [9.17, 15) is 4.79 Å². The number of hydrogen-bond acceptors (Lipinski definition) is 2. The summed E-state index contributed by atoms with van der Waals surface area (Å²) < 4.78 is 6.77. The Bertz CT molecular complexity index is 392. The minimum absolute atomic E-state index is 0. The molecule has 1 aromatic rings. The molecule has 1 N–H and O–H groups in total. The molecule has 1 aromatic carbocycles. The Kier molecular flexibility index (Phi) is 7.77. The molecule has 2 unspecified atom stereocenters. The van der Waals surface area contributed by atoms with Crippen molar-refractivity contribution in [1.29, 1.82) is 1.43 Å². The molecule has 19 heavy (non-hydrogen) atoms. The third-order valence-electron chi connectivity index (χ3n) is 3.48. The van der Waals surface area contributed by atoms with Gasteiger partial charge in [0.25, 0.3) is 1.43 Å². The van der Waals surface area contributed by atoms with E-state index >= 15 is 0 Å². The first-order chi connectivity index (χ1) is 9.22. The molecule has 2 rings (SSSR count). The monoisotopic (exact) mass is 300 g/mol. The molecule has 0 amide bonds. The van der Waals surface area contributed by atoms with Crippen molar-refractivity contribution >= 4 is 5.97 Å². The zero-order chi connectivity index (χ0) is 14.3. The molecule has 0 bridgehead atoms. The maximum Gasteiger partial charge on any atom is 0.307 e. The largest absolute Gasteiger partial charge is 0.481 e. The first-order valence-electron chi connectivity index (χ1n) is 7.22. The second-order valence-corrected chi connectivity index (χ2v) is 4.56. The van der Waals surface area contributed by atoms with Crippen LogP contribution < -0.4 is 0 Å². The van der Waals surface area contributed by atoms with Gasteiger partial charge in [-0.3, -0.25) is 4.79 Å². The van der Waals surface area contributed by atoms with E-state index in [1.165, 1.54) is 0 Å². The van der Waals surface area contributed by atoms with E-state index in [-0.39, 0.29) is 30.4 Å². The van der Waals surface area contributed by atoms with Gasteiger partial charge in [-0.25, -0.2) is 0 Å². The van der Waals surface area contributed by atoms with Gasteiger partial charge >= 0.3 is 5.97 Å². The molecule has 0 spiro atoms. The van der Waals surface area contributed by atoms with Crippen LogP contribution in [0, 0.1) is 12.8 Å². The van der Waals surface area contributed by atoms with Gasteiger partial charge in [0.1, 0.15) is 0 Å². The number of carboxylic acids is 1. The van der Waals surface area contributed by atoms with E-state index < -0.39 is 5.97 Å². The van der Waals surface area contributed by atoms with Crippen LogP contribution >= 0.6 is 0 Å². The number of carboxylic acid groups (broad SMARTS) is 1. The third kappa shape index (κ3) is 4.96. The Labute approximate surface area is 130 Å². The summed E-state index contributed by atoms with van der Waals surface area (Å²) in [4.78, 5) is 11.6. The van der Waals surface area contributed by atoms with Crippen LogP contribution in [0.5, 0.6) is 0 Å². The molecule has 1 aliphatic rings. The molecular formula is C16H23O2V-. The Balaban J connectivity index is 0.00000115. The van der Waals surface area contributed by atoms with E-state index in [1.54, 1.807) is 0 Å². The molecule has 105 valence electrons. The number of rotatable bonds is 2. The normalized spacial score (nSPS) is 22.1. The molecular weight excluding hydrogens is 275 g/mol. The smallest absolute Gasteiger partial charge is 0.307 e. The van der Waals surface area contributed by atoms with E-state index in [0.29, 0.717) is 0 Å². The summed E-state index contributed by atoms with van der Waals surface area (Å²) in [5, 5.41) is 4.16. The fourth-order valence-corrected chi connectivity index (χ4v) is 2.58. The SMILES string of the molecule is CC.[3H]OC(=O)C1CCCCC1c1ccc([CH2-])cc1.[V]. The molecule has 1 fully saturated rings. The maximum absolute atomic E-state index is 11.6. The molecule has 0 heterocycles. The number of aliphatic carboxylic acids is 1. The van der Waals surface area contributed by atoms with Crippen LogP contribution in [-0.2, 0) is 23.4 Å². The predicted octanol–water partition coefficient (Wildman–Crippen LogP) is 4.25. The van der Waals surface area contributed by atoms with Gasteiger partial charge in [-0.15, -0.1) is 12.1 Å². The Morgan fingerprint density at radius 3 is 2.42 bits per heavy atom. The van der Waals surface area contributed by atoms with Crippen LogP contribution in [0.4, 0.5) is 0 Å². The second kappa shape index (κ2) is 9.11. The Morgan fingerprint density at radius 1 is 1.26 bits per heavy atom. The Hall–Kier alpha value is -0.856. The van der Waals surface area contributed by atoms with Gasteiger partial charge in [-0.05, 0) is 18.8 Å². The third-order valence-corrected chi connectivity index (χ3v) is 3.48. The molecule has 0 aromatic heterocycles. The first kappa shape index (κ1) is 16.2. The molecule has 0 aliphatic heterocycles. The van der Waals surface area contributed by atoms with Crippen molar-refractivity contribution in [2.75, 3.05) is 0 Å². The average Bonchev–Trinajstić information content (AvgIpc) is 2.49. The maximum atomic E-state index is 11.6. The van der Waals surface area contributed by atoms with Crippen molar-refractivity contribution in [2.45, 2.75) is 45.4 Å². The molecule has 0 saturated heterocycles. The van der Waals surface area contributed by atoms with Gasteiger partial charge in [-0.1, -0.05) is 32.3 Å². The fourth-order valence-electron chi connectivity index (χ4n) is 2.58.